The fourth-order valence-electron chi connectivity index (χ4n) is 2.57. The summed E-state index contributed by atoms with van der Waals surface area (Å²) in [7, 11) is 0. The van der Waals surface area contributed by atoms with Crippen molar-refractivity contribution in [3.8, 4) is 0 Å². The molecule has 1 aliphatic rings. The zero-order valence-electron chi connectivity index (χ0n) is 10.9. The molecule has 0 bridgehead atoms. The van der Waals surface area contributed by atoms with Gasteiger partial charge in [0.1, 0.15) is 5.82 Å². The summed E-state index contributed by atoms with van der Waals surface area (Å²) in [6.45, 7) is 4.13. The molecule has 1 N–H and O–H groups in total. The Morgan fingerprint density at radius 2 is 2.05 bits per heavy atom. The Hall–Kier alpha value is -1.72. The molecule has 6 heteroatoms. The molecule has 19 heavy (non-hydrogen) atoms. The number of nitro benzene ring substituents is 1. The molecule has 2 rings (SSSR count). The van der Waals surface area contributed by atoms with Crippen molar-refractivity contribution < 1.29 is 13.7 Å². The third-order valence-electron chi connectivity index (χ3n) is 3.82. The van der Waals surface area contributed by atoms with Crippen molar-refractivity contribution in [3.05, 3.63) is 33.9 Å². The van der Waals surface area contributed by atoms with E-state index in [1.807, 2.05) is 0 Å². The Kier molecular flexibility index (Phi) is 3.43. The van der Waals surface area contributed by atoms with E-state index < -0.39 is 22.2 Å². The van der Waals surface area contributed by atoms with Crippen molar-refractivity contribution >= 4 is 11.4 Å². The van der Waals surface area contributed by atoms with Gasteiger partial charge in [0.05, 0.1) is 10.6 Å². The Bertz CT molecular complexity index is 518. The van der Waals surface area contributed by atoms with Crippen LogP contribution in [0, 0.1) is 27.2 Å². The van der Waals surface area contributed by atoms with Gasteiger partial charge in [-0.05, 0) is 18.3 Å². The average molecular weight is 270 g/mol. The highest BCUT2D eigenvalue weighted by atomic mass is 19.1. The maximum absolute atomic E-state index is 13.7. The normalized spacial score (nSPS) is 21.4. The number of anilines is 1. The van der Waals surface area contributed by atoms with Gasteiger partial charge in [0.2, 0.25) is 5.82 Å². The van der Waals surface area contributed by atoms with E-state index in [2.05, 4.69) is 19.2 Å². The van der Waals surface area contributed by atoms with Crippen LogP contribution in [0.2, 0.25) is 0 Å². The van der Waals surface area contributed by atoms with Crippen molar-refractivity contribution in [2.45, 2.75) is 39.2 Å². The van der Waals surface area contributed by atoms with E-state index in [4.69, 9.17) is 0 Å². The van der Waals surface area contributed by atoms with Gasteiger partial charge in [-0.3, -0.25) is 10.1 Å². The van der Waals surface area contributed by atoms with E-state index in [1.54, 1.807) is 0 Å². The second-order valence-corrected chi connectivity index (χ2v) is 5.62. The van der Waals surface area contributed by atoms with Crippen LogP contribution in [0.5, 0.6) is 0 Å². The fraction of sp³-hybridized carbons (Fsp3) is 0.538. The molecule has 0 heterocycles. The van der Waals surface area contributed by atoms with Gasteiger partial charge >= 0.3 is 5.69 Å². The van der Waals surface area contributed by atoms with E-state index in [0.29, 0.717) is 6.07 Å². The predicted octanol–water partition coefficient (Wildman–Crippen LogP) is 3.86. The first-order valence-electron chi connectivity index (χ1n) is 6.21. The minimum atomic E-state index is -1.15. The molecule has 0 radical (unpaired) electrons. The minimum absolute atomic E-state index is 0.00436. The summed E-state index contributed by atoms with van der Waals surface area (Å²) in [5, 5.41) is 13.6. The molecule has 4 nitrogen and oxygen atoms in total. The lowest BCUT2D eigenvalue weighted by molar-refractivity contribution is -0.387. The molecule has 1 aromatic carbocycles. The number of halogens is 2. The first-order chi connectivity index (χ1) is 8.81. The predicted molar refractivity (Wildman–Crippen MR) is 68.1 cm³/mol. The number of nitrogens with one attached hydrogen (secondary N) is 1. The Labute approximate surface area is 110 Å². The molecule has 1 atom stereocenters. The SMILES string of the molecule is CC1(C)CCCC1Nc1cc([N+](=O)[O-])c(F)cc1F. The lowest BCUT2D eigenvalue weighted by Gasteiger charge is -2.28. The van der Waals surface area contributed by atoms with E-state index in [9.17, 15) is 18.9 Å². The van der Waals surface area contributed by atoms with Crippen molar-refractivity contribution in [2.75, 3.05) is 5.32 Å². The first-order valence-corrected chi connectivity index (χ1v) is 6.21. The Balaban J connectivity index is 2.30. The number of hydrogen-bond donors (Lipinski definition) is 1. The number of nitro groups is 1. The van der Waals surface area contributed by atoms with Crippen LogP contribution in [0.15, 0.2) is 12.1 Å². The maximum atomic E-state index is 13.7. The van der Waals surface area contributed by atoms with Crippen molar-refractivity contribution in [1.82, 2.24) is 0 Å². The van der Waals surface area contributed by atoms with Crippen LogP contribution < -0.4 is 5.32 Å². The molecule has 1 unspecified atom stereocenters. The van der Waals surface area contributed by atoms with Crippen molar-refractivity contribution in [1.29, 1.82) is 0 Å². The molecule has 104 valence electrons. The summed E-state index contributed by atoms with van der Waals surface area (Å²) in [4.78, 5) is 9.82. The van der Waals surface area contributed by atoms with Crippen molar-refractivity contribution in [2.24, 2.45) is 5.41 Å². The number of benzene rings is 1. The second-order valence-electron chi connectivity index (χ2n) is 5.62. The van der Waals surface area contributed by atoms with Gasteiger partial charge in [0.25, 0.3) is 0 Å². The molecule has 0 saturated heterocycles. The molecular formula is C13H16F2N2O2. The third-order valence-corrected chi connectivity index (χ3v) is 3.82. The molecule has 1 aliphatic carbocycles. The smallest absolute Gasteiger partial charge is 0.307 e. The van der Waals surface area contributed by atoms with Gasteiger partial charge in [-0.1, -0.05) is 20.3 Å². The van der Waals surface area contributed by atoms with Crippen LogP contribution in [0.25, 0.3) is 0 Å². The molecule has 0 aliphatic heterocycles. The lowest BCUT2D eigenvalue weighted by atomic mass is 9.87. The molecule has 0 amide bonds. The summed E-state index contributed by atoms with van der Waals surface area (Å²) in [5.74, 6) is -1.95. The number of nitrogens with zero attached hydrogens (tertiary/aromatic N) is 1. The topological polar surface area (TPSA) is 55.2 Å². The van der Waals surface area contributed by atoms with E-state index in [1.165, 1.54) is 0 Å². The molecule has 1 fully saturated rings. The third kappa shape index (κ3) is 2.67. The van der Waals surface area contributed by atoms with Gasteiger partial charge < -0.3 is 5.32 Å². The van der Waals surface area contributed by atoms with E-state index in [-0.39, 0.29) is 17.1 Å². The van der Waals surface area contributed by atoms with Gasteiger partial charge in [0, 0.05) is 18.2 Å². The zero-order valence-corrected chi connectivity index (χ0v) is 10.9. The highest BCUT2D eigenvalue weighted by molar-refractivity contribution is 5.54. The Morgan fingerprint density at radius 3 is 2.58 bits per heavy atom. The largest absolute Gasteiger partial charge is 0.379 e. The Morgan fingerprint density at radius 1 is 1.37 bits per heavy atom. The quantitative estimate of drug-likeness (QED) is 0.670. The maximum Gasteiger partial charge on any atom is 0.307 e. The molecule has 1 saturated carbocycles. The average Bonchev–Trinajstić information content (AvgIpc) is 2.61. The van der Waals surface area contributed by atoms with Crippen molar-refractivity contribution in [3.63, 3.8) is 0 Å². The fourth-order valence-corrected chi connectivity index (χ4v) is 2.57. The van der Waals surface area contributed by atoms with Crippen LogP contribution in [-0.2, 0) is 0 Å². The van der Waals surface area contributed by atoms with Crippen LogP contribution in [0.4, 0.5) is 20.2 Å². The molecule has 1 aromatic rings. The van der Waals surface area contributed by atoms with Gasteiger partial charge in [-0.2, -0.15) is 4.39 Å². The lowest BCUT2D eigenvalue weighted by Crippen LogP contribution is -2.31. The van der Waals surface area contributed by atoms with Gasteiger partial charge in [0.15, 0.2) is 0 Å². The highest BCUT2D eigenvalue weighted by Crippen LogP contribution is 2.39. The first kappa shape index (κ1) is 13.7. The molecule has 0 aromatic heterocycles. The minimum Gasteiger partial charge on any atom is -0.379 e. The van der Waals surface area contributed by atoms with Crippen LogP contribution in [-0.4, -0.2) is 11.0 Å². The second kappa shape index (κ2) is 4.75. The molecular weight excluding hydrogens is 254 g/mol. The van der Waals surface area contributed by atoms with Crippen LogP contribution >= 0.6 is 0 Å². The summed E-state index contributed by atoms with van der Waals surface area (Å²) in [6.07, 6.45) is 2.91. The summed E-state index contributed by atoms with van der Waals surface area (Å²) >= 11 is 0. The van der Waals surface area contributed by atoms with E-state index in [0.717, 1.165) is 25.3 Å². The van der Waals surface area contributed by atoms with Crippen LogP contribution in [0.1, 0.15) is 33.1 Å². The molecule has 0 spiro atoms. The number of rotatable bonds is 3. The highest BCUT2D eigenvalue weighted by Gasteiger charge is 2.35. The standard InChI is InChI=1S/C13H16F2N2O2/c1-13(2)5-3-4-12(13)16-10-7-11(17(18)19)9(15)6-8(10)14/h6-7,12,16H,3-5H2,1-2H3. The van der Waals surface area contributed by atoms with Gasteiger partial charge in [-0.25, -0.2) is 4.39 Å². The number of hydrogen-bond acceptors (Lipinski definition) is 3. The summed E-state index contributed by atoms with van der Waals surface area (Å²) < 4.78 is 26.9. The van der Waals surface area contributed by atoms with Gasteiger partial charge in [-0.15, -0.1) is 0 Å². The zero-order chi connectivity index (χ0) is 14.2. The monoisotopic (exact) mass is 270 g/mol. The van der Waals surface area contributed by atoms with E-state index >= 15 is 0 Å². The van der Waals surface area contributed by atoms with Crippen LogP contribution in [0.3, 0.4) is 0 Å². The summed E-state index contributed by atoms with van der Waals surface area (Å²) in [6, 6.07) is 1.52. The summed E-state index contributed by atoms with van der Waals surface area (Å²) in [5.41, 5.74) is -0.719.